The predicted octanol–water partition coefficient (Wildman–Crippen LogP) is 5.93. The molecule has 3 nitrogen and oxygen atoms in total. The van der Waals surface area contributed by atoms with E-state index < -0.39 is 35.1 Å². The fourth-order valence-electron chi connectivity index (χ4n) is 3.18. The first-order valence-electron chi connectivity index (χ1n) is 9.36. The second-order valence-corrected chi connectivity index (χ2v) is 6.59. The van der Waals surface area contributed by atoms with E-state index >= 15 is 0 Å². The van der Waals surface area contributed by atoms with Crippen molar-refractivity contribution in [2.24, 2.45) is 0 Å². The van der Waals surface area contributed by atoms with Gasteiger partial charge in [-0.1, -0.05) is 25.1 Å². The van der Waals surface area contributed by atoms with Gasteiger partial charge in [0.25, 0.3) is 0 Å². The standard InChI is InChI=1S/C23H22F4N2O/c1-3-19(21(27)13-28)22(4-2)29-23(30)12-20(14-5-7-16(24)8-6-14)15-9-17(25)11-18(26)10-15/h4-11,13,20,28H,3,12H2,1-2H3,(H,29,30)/b21-19+,22-4+,28-13?/t20-/m0/s1. The molecule has 2 N–H and O–H groups in total. The Hall–Kier alpha value is -3.22. The van der Waals surface area contributed by atoms with Gasteiger partial charge in [-0.05, 0) is 48.7 Å². The molecule has 0 saturated carbocycles. The van der Waals surface area contributed by atoms with E-state index in [4.69, 9.17) is 5.41 Å². The van der Waals surface area contributed by atoms with Gasteiger partial charge in [-0.3, -0.25) is 4.79 Å². The van der Waals surface area contributed by atoms with Crippen LogP contribution in [0.3, 0.4) is 0 Å². The Morgan fingerprint density at radius 1 is 1.03 bits per heavy atom. The number of amides is 1. The van der Waals surface area contributed by atoms with Crippen LogP contribution in [-0.2, 0) is 4.79 Å². The number of carbonyl (C=O) groups excluding carboxylic acids is 1. The molecule has 0 spiro atoms. The monoisotopic (exact) mass is 418 g/mol. The van der Waals surface area contributed by atoms with Crippen LogP contribution < -0.4 is 5.32 Å². The highest BCUT2D eigenvalue weighted by Crippen LogP contribution is 2.30. The first-order valence-corrected chi connectivity index (χ1v) is 9.36. The van der Waals surface area contributed by atoms with Crippen LogP contribution in [0.25, 0.3) is 0 Å². The highest BCUT2D eigenvalue weighted by molar-refractivity contribution is 5.82. The lowest BCUT2D eigenvalue weighted by Gasteiger charge is -2.19. The number of nitrogens with one attached hydrogen (secondary N) is 2. The van der Waals surface area contributed by atoms with E-state index in [1.165, 1.54) is 30.3 Å². The van der Waals surface area contributed by atoms with E-state index in [2.05, 4.69) is 5.32 Å². The minimum absolute atomic E-state index is 0.163. The molecular formula is C23H22F4N2O. The van der Waals surface area contributed by atoms with Crippen LogP contribution >= 0.6 is 0 Å². The summed E-state index contributed by atoms with van der Waals surface area (Å²) in [6.07, 6.45) is 2.10. The lowest BCUT2D eigenvalue weighted by atomic mass is 9.88. The van der Waals surface area contributed by atoms with Crippen molar-refractivity contribution in [2.45, 2.75) is 32.6 Å². The molecule has 2 aromatic carbocycles. The molecule has 0 aliphatic heterocycles. The molecule has 0 heterocycles. The van der Waals surface area contributed by atoms with Crippen LogP contribution in [0.4, 0.5) is 17.6 Å². The van der Waals surface area contributed by atoms with Gasteiger partial charge in [0.1, 0.15) is 23.3 Å². The average molecular weight is 418 g/mol. The van der Waals surface area contributed by atoms with Crippen molar-refractivity contribution in [1.82, 2.24) is 5.32 Å². The summed E-state index contributed by atoms with van der Waals surface area (Å²) in [7, 11) is 0. The van der Waals surface area contributed by atoms with Gasteiger partial charge in [0.2, 0.25) is 5.91 Å². The van der Waals surface area contributed by atoms with E-state index in [9.17, 15) is 22.4 Å². The van der Waals surface area contributed by atoms with E-state index in [1.54, 1.807) is 13.8 Å². The van der Waals surface area contributed by atoms with Crippen molar-refractivity contribution in [3.63, 3.8) is 0 Å². The molecule has 1 amide bonds. The van der Waals surface area contributed by atoms with Gasteiger partial charge in [-0.2, -0.15) is 0 Å². The normalized spacial score (nSPS) is 13.5. The fourth-order valence-corrected chi connectivity index (χ4v) is 3.18. The Balaban J connectivity index is 2.37. The van der Waals surface area contributed by atoms with Crippen molar-refractivity contribution in [2.75, 3.05) is 0 Å². The molecule has 0 fully saturated rings. The van der Waals surface area contributed by atoms with Gasteiger partial charge >= 0.3 is 0 Å². The molecule has 0 aromatic heterocycles. The molecule has 2 aromatic rings. The summed E-state index contributed by atoms with van der Waals surface area (Å²) >= 11 is 0. The van der Waals surface area contributed by atoms with Crippen LogP contribution in [-0.4, -0.2) is 12.1 Å². The highest BCUT2D eigenvalue weighted by Gasteiger charge is 2.21. The highest BCUT2D eigenvalue weighted by atomic mass is 19.1. The molecule has 0 bridgehead atoms. The zero-order chi connectivity index (χ0) is 22.3. The minimum atomic E-state index is -0.795. The number of allylic oxidation sites excluding steroid dienone is 3. The number of halogens is 4. The first kappa shape index (κ1) is 23.1. The Morgan fingerprint density at radius 3 is 2.13 bits per heavy atom. The number of carbonyl (C=O) groups is 1. The van der Waals surface area contributed by atoms with Gasteiger partial charge in [0.05, 0.1) is 6.21 Å². The number of hydrogen-bond acceptors (Lipinski definition) is 2. The zero-order valence-electron chi connectivity index (χ0n) is 16.6. The van der Waals surface area contributed by atoms with Gasteiger partial charge < -0.3 is 10.7 Å². The summed E-state index contributed by atoms with van der Waals surface area (Å²) in [5, 5.41) is 9.69. The molecule has 30 heavy (non-hydrogen) atoms. The van der Waals surface area contributed by atoms with E-state index in [0.29, 0.717) is 11.8 Å². The van der Waals surface area contributed by atoms with E-state index in [1.807, 2.05) is 0 Å². The van der Waals surface area contributed by atoms with Crippen LogP contribution in [0, 0.1) is 22.9 Å². The SMILES string of the molecule is C/C=C(NC(=O)C[C@@H](c1ccc(F)cc1)c1cc(F)cc(F)c1)\C(CC)=C(\F)C=N. The molecule has 0 unspecified atom stereocenters. The van der Waals surface area contributed by atoms with Crippen molar-refractivity contribution in [1.29, 1.82) is 5.41 Å². The number of hydrogen-bond donors (Lipinski definition) is 2. The first-order chi connectivity index (χ1) is 14.3. The Bertz CT molecular complexity index is 961. The Morgan fingerprint density at radius 2 is 1.63 bits per heavy atom. The van der Waals surface area contributed by atoms with Crippen molar-refractivity contribution in [3.8, 4) is 0 Å². The molecule has 0 aliphatic carbocycles. The average Bonchev–Trinajstić information content (AvgIpc) is 2.71. The third-order valence-corrected chi connectivity index (χ3v) is 4.61. The summed E-state index contributed by atoms with van der Waals surface area (Å²) in [5.41, 5.74) is 1.09. The second-order valence-electron chi connectivity index (χ2n) is 6.59. The molecule has 7 heteroatoms. The van der Waals surface area contributed by atoms with Gasteiger partial charge in [0.15, 0.2) is 0 Å². The topological polar surface area (TPSA) is 53.0 Å². The molecular weight excluding hydrogens is 396 g/mol. The molecule has 0 aliphatic rings. The largest absolute Gasteiger partial charge is 0.326 e. The van der Waals surface area contributed by atoms with Gasteiger partial charge in [-0.15, -0.1) is 0 Å². The quantitative estimate of drug-likeness (QED) is 0.312. The molecule has 0 saturated heterocycles. The second kappa shape index (κ2) is 10.5. The predicted molar refractivity (Wildman–Crippen MR) is 108 cm³/mol. The smallest absolute Gasteiger partial charge is 0.225 e. The van der Waals surface area contributed by atoms with Crippen molar-refractivity contribution in [3.05, 3.63) is 94.2 Å². The van der Waals surface area contributed by atoms with Gasteiger partial charge in [-0.25, -0.2) is 17.6 Å². The van der Waals surface area contributed by atoms with Crippen LogP contribution in [0.1, 0.15) is 43.7 Å². The summed E-state index contributed by atoms with van der Waals surface area (Å²) < 4.78 is 54.8. The van der Waals surface area contributed by atoms with E-state index in [0.717, 1.165) is 18.2 Å². The summed E-state index contributed by atoms with van der Waals surface area (Å²) in [6, 6.07) is 8.24. The Labute approximate surface area is 172 Å². The third-order valence-electron chi connectivity index (χ3n) is 4.61. The summed E-state index contributed by atoms with van der Waals surface area (Å²) in [5.74, 6) is -4.12. The lowest BCUT2D eigenvalue weighted by Crippen LogP contribution is -2.26. The van der Waals surface area contributed by atoms with Crippen molar-refractivity contribution < 1.29 is 22.4 Å². The van der Waals surface area contributed by atoms with Crippen LogP contribution in [0.15, 0.2) is 65.6 Å². The zero-order valence-corrected chi connectivity index (χ0v) is 16.6. The fraction of sp³-hybridized carbons (Fsp3) is 0.217. The number of benzene rings is 2. The molecule has 0 radical (unpaired) electrons. The Kier molecular flexibility index (Phi) is 8.09. The van der Waals surface area contributed by atoms with Crippen molar-refractivity contribution >= 4 is 12.1 Å². The molecule has 158 valence electrons. The minimum Gasteiger partial charge on any atom is -0.326 e. The maximum absolute atomic E-state index is 13.9. The van der Waals surface area contributed by atoms with Crippen LogP contribution in [0.5, 0.6) is 0 Å². The summed E-state index contributed by atoms with van der Waals surface area (Å²) in [6.45, 7) is 3.30. The maximum Gasteiger partial charge on any atom is 0.225 e. The third kappa shape index (κ3) is 5.89. The molecule has 2 rings (SSSR count). The maximum atomic E-state index is 13.9. The van der Waals surface area contributed by atoms with E-state index in [-0.39, 0.29) is 29.7 Å². The molecule has 1 atom stereocenters. The lowest BCUT2D eigenvalue weighted by molar-refractivity contribution is -0.120. The number of rotatable bonds is 8. The van der Waals surface area contributed by atoms with Gasteiger partial charge in [0, 0.05) is 29.7 Å². The van der Waals surface area contributed by atoms with Crippen LogP contribution in [0.2, 0.25) is 0 Å². The summed E-state index contributed by atoms with van der Waals surface area (Å²) in [4.78, 5) is 12.7.